The number of hydrogen-bond donors (Lipinski definition) is 0. The van der Waals surface area contributed by atoms with Crippen molar-refractivity contribution in [2.45, 2.75) is 38.5 Å². The SMILES string of the molecule is Cc1ccc(C)c(OCc2nnc(SCC(=O)N3CCCc4cc([N+](=O)[O-])ccc43)o2)c1. The minimum absolute atomic E-state index is 0.0360. The van der Waals surface area contributed by atoms with Crippen LogP contribution in [0, 0.1) is 24.0 Å². The number of nitrogens with zero attached hydrogens (tertiary/aromatic N) is 4. The summed E-state index contributed by atoms with van der Waals surface area (Å²) in [5.41, 5.74) is 3.68. The number of non-ortho nitro benzene ring substituents is 1. The van der Waals surface area contributed by atoms with Gasteiger partial charge in [0.2, 0.25) is 5.91 Å². The molecule has 0 atom stereocenters. The van der Waals surface area contributed by atoms with Crippen LogP contribution in [0.4, 0.5) is 11.4 Å². The van der Waals surface area contributed by atoms with Crippen molar-refractivity contribution in [2.75, 3.05) is 17.2 Å². The number of fused-ring (bicyclic) bond motifs is 1. The lowest BCUT2D eigenvalue weighted by Crippen LogP contribution is -2.36. The van der Waals surface area contributed by atoms with Gasteiger partial charge in [-0.05, 0) is 55.5 Å². The smallest absolute Gasteiger partial charge is 0.277 e. The molecule has 0 aliphatic carbocycles. The summed E-state index contributed by atoms with van der Waals surface area (Å²) in [6.07, 6.45) is 1.46. The van der Waals surface area contributed by atoms with Gasteiger partial charge in [0.1, 0.15) is 5.75 Å². The molecule has 2 aromatic carbocycles. The van der Waals surface area contributed by atoms with E-state index in [4.69, 9.17) is 9.15 Å². The number of nitro groups is 1. The number of thioether (sulfide) groups is 1. The zero-order chi connectivity index (χ0) is 22.7. The molecule has 3 aromatic rings. The summed E-state index contributed by atoms with van der Waals surface area (Å²) in [5.74, 6) is 1.10. The van der Waals surface area contributed by atoms with E-state index in [9.17, 15) is 14.9 Å². The fourth-order valence-corrected chi connectivity index (χ4v) is 4.17. The predicted octanol–water partition coefficient (Wildman–Crippen LogP) is 4.25. The molecule has 0 spiro atoms. The number of anilines is 1. The number of carbonyl (C=O) groups is 1. The standard InChI is InChI=1S/C22H22N4O5S/c1-14-5-6-15(2)19(10-14)30-12-20-23-24-22(31-20)32-13-21(27)25-9-3-4-16-11-17(26(28)29)7-8-18(16)25/h5-8,10-11H,3-4,9,12-13H2,1-2H3. The normalized spacial score (nSPS) is 13.0. The number of amides is 1. The van der Waals surface area contributed by atoms with E-state index in [1.54, 1.807) is 17.0 Å². The summed E-state index contributed by atoms with van der Waals surface area (Å²) in [5, 5.41) is 19.3. The molecule has 0 radical (unpaired) electrons. The molecule has 1 aliphatic rings. The van der Waals surface area contributed by atoms with Gasteiger partial charge >= 0.3 is 0 Å². The monoisotopic (exact) mass is 454 g/mol. The number of benzene rings is 2. The fourth-order valence-electron chi connectivity index (χ4n) is 3.51. The summed E-state index contributed by atoms with van der Waals surface area (Å²) in [7, 11) is 0. The maximum atomic E-state index is 12.8. The van der Waals surface area contributed by atoms with E-state index >= 15 is 0 Å². The third kappa shape index (κ3) is 4.91. The van der Waals surface area contributed by atoms with Crippen LogP contribution in [0.25, 0.3) is 0 Å². The van der Waals surface area contributed by atoms with Gasteiger partial charge in [0.15, 0.2) is 6.61 Å². The van der Waals surface area contributed by atoms with Crippen molar-refractivity contribution < 1.29 is 18.9 Å². The van der Waals surface area contributed by atoms with E-state index < -0.39 is 4.92 Å². The third-order valence-electron chi connectivity index (χ3n) is 5.16. The summed E-state index contributed by atoms with van der Waals surface area (Å²) in [6, 6.07) is 10.6. The second-order valence-corrected chi connectivity index (χ2v) is 8.45. The van der Waals surface area contributed by atoms with Crippen LogP contribution < -0.4 is 9.64 Å². The summed E-state index contributed by atoms with van der Waals surface area (Å²) < 4.78 is 11.4. The van der Waals surface area contributed by atoms with E-state index in [0.29, 0.717) is 24.1 Å². The first-order valence-corrected chi connectivity index (χ1v) is 11.1. The maximum absolute atomic E-state index is 12.8. The number of nitro benzene ring substituents is 1. The van der Waals surface area contributed by atoms with Gasteiger partial charge in [-0.2, -0.15) is 0 Å². The number of hydrogen-bond acceptors (Lipinski definition) is 8. The molecule has 0 N–H and O–H groups in total. The lowest BCUT2D eigenvalue weighted by Gasteiger charge is -2.29. The molecule has 1 aromatic heterocycles. The lowest BCUT2D eigenvalue weighted by atomic mass is 10.0. The Labute approximate surface area is 188 Å². The molecule has 9 nitrogen and oxygen atoms in total. The van der Waals surface area contributed by atoms with Crippen LogP contribution in [0.15, 0.2) is 46.0 Å². The number of aromatic nitrogens is 2. The van der Waals surface area contributed by atoms with Crippen LogP contribution in [-0.4, -0.2) is 33.3 Å². The fraction of sp³-hybridized carbons (Fsp3) is 0.318. The minimum atomic E-state index is -0.423. The molecule has 0 fully saturated rings. The van der Waals surface area contributed by atoms with Crippen LogP contribution in [0.1, 0.15) is 29.0 Å². The lowest BCUT2D eigenvalue weighted by molar-refractivity contribution is -0.384. The summed E-state index contributed by atoms with van der Waals surface area (Å²) in [6.45, 7) is 4.67. The van der Waals surface area contributed by atoms with Crippen molar-refractivity contribution in [3.63, 3.8) is 0 Å². The summed E-state index contributed by atoms with van der Waals surface area (Å²) in [4.78, 5) is 25.0. The van der Waals surface area contributed by atoms with Gasteiger partial charge in [-0.1, -0.05) is 23.9 Å². The number of ether oxygens (including phenoxy) is 1. The van der Waals surface area contributed by atoms with Crippen LogP contribution >= 0.6 is 11.8 Å². The average Bonchev–Trinajstić information content (AvgIpc) is 3.25. The van der Waals surface area contributed by atoms with Crippen molar-refractivity contribution in [3.8, 4) is 5.75 Å². The second kappa shape index (κ2) is 9.39. The predicted molar refractivity (Wildman–Crippen MR) is 119 cm³/mol. The highest BCUT2D eigenvalue weighted by molar-refractivity contribution is 7.99. The Morgan fingerprint density at radius 3 is 2.91 bits per heavy atom. The van der Waals surface area contributed by atoms with E-state index in [1.807, 2.05) is 32.0 Å². The molecular formula is C22H22N4O5S. The molecule has 0 saturated carbocycles. The van der Waals surface area contributed by atoms with Crippen molar-refractivity contribution in [1.82, 2.24) is 10.2 Å². The Hall–Kier alpha value is -3.40. The zero-order valence-corrected chi connectivity index (χ0v) is 18.6. The Balaban J connectivity index is 1.35. The molecule has 1 aliphatic heterocycles. The molecule has 166 valence electrons. The minimum Gasteiger partial charge on any atom is -0.484 e. The molecule has 32 heavy (non-hydrogen) atoms. The van der Waals surface area contributed by atoms with Crippen molar-refractivity contribution in [3.05, 3.63) is 69.1 Å². The zero-order valence-electron chi connectivity index (χ0n) is 17.7. The van der Waals surface area contributed by atoms with Gasteiger partial charge in [0.25, 0.3) is 16.8 Å². The van der Waals surface area contributed by atoms with Gasteiger partial charge in [-0.25, -0.2) is 0 Å². The van der Waals surface area contributed by atoms with E-state index in [2.05, 4.69) is 10.2 Å². The Kier molecular flexibility index (Phi) is 6.40. The van der Waals surface area contributed by atoms with Crippen molar-refractivity contribution in [1.29, 1.82) is 0 Å². The quantitative estimate of drug-likeness (QED) is 0.296. The van der Waals surface area contributed by atoms with Gasteiger partial charge in [0, 0.05) is 24.4 Å². The number of aryl methyl sites for hydroxylation is 3. The Morgan fingerprint density at radius 2 is 2.09 bits per heavy atom. The molecule has 1 amide bonds. The molecule has 0 saturated heterocycles. The van der Waals surface area contributed by atoms with E-state index in [0.717, 1.165) is 46.3 Å². The summed E-state index contributed by atoms with van der Waals surface area (Å²) >= 11 is 1.16. The van der Waals surface area contributed by atoms with Gasteiger partial charge in [-0.15, -0.1) is 10.2 Å². The van der Waals surface area contributed by atoms with Crippen molar-refractivity contribution in [2.24, 2.45) is 0 Å². The van der Waals surface area contributed by atoms with Gasteiger partial charge in [0.05, 0.1) is 10.7 Å². The highest BCUT2D eigenvalue weighted by Crippen LogP contribution is 2.31. The number of carbonyl (C=O) groups excluding carboxylic acids is 1. The first kappa shape index (κ1) is 21.8. The highest BCUT2D eigenvalue weighted by Gasteiger charge is 2.25. The third-order valence-corrected chi connectivity index (χ3v) is 5.96. The van der Waals surface area contributed by atoms with Crippen LogP contribution in [0.5, 0.6) is 5.75 Å². The molecule has 10 heteroatoms. The van der Waals surface area contributed by atoms with Crippen LogP contribution in [0.2, 0.25) is 0 Å². The second-order valence-electron chi connectivity index (χ2n) is 7.53. The van der Waals surface area contributed by atoms with Gasteiger partial charge in [-0.3, -0.25) is 14.9 Å². The van der Waals surface area contributed by atoms with Gasteiger partial charge < -0.3 is 14.1 Å². The molecule has 0 unspecified atom stereocenters. The first-order valence-electron chi connectivity index (χ1n) is 10.1. The van der Waals surface area contributed by atoms with E-state index in [-0.39, 0.29) is 24.0 Å². The molecule has 2 heterocycles. The first-order chi connectivity index (χ1) is 15.4. The molecular weight excluding hydrogens is 432 g/mol. The topological polar surface area (TPSA) is 112 Å². The Bertz CT molecular complexity index is 1160. The average molecular weight is 455 g/mol. The largest absolute Gasteiger partial charge is 0.484 e. The van der Waals surface area contributed by atoms with Crippen LogP contribution in [0.3, 0.4) is 0 Å². The maximum Gasteiger partial charge on any atom is 0.277 e. The Morgan fingerprint density at radius 1 is 1.25 bits per heavy atom. The molecule has 4 rings (SSSR count). The molecule has 0 bridgehead atoms. The van der Waals surface area contributed by atoms with Crippen molar-refractivity contribution >= 4 is 29.0 Å². The van der Waals surface area contributed by atoms with Crippen LogP contribution in [-0.2, 0) is 17.8 Å². The van der Waals surface area contributed by atoms with E-state index in [1.165, 1.54) is 6.07 Å². The highest BCUT2D eigenvalue weighted by atomic mass is 32.2. The number of rotatable bonds is 7.